The molecule has 0 bridgehead atoms. The van der Waals surface area contributed by atoms with Gasteiger partial charge in [-0.25, -0.2) is 0 Å². The Hall–Kier alpha value is -3.39. The van der Waals surface area contributed by atoms with E-state index in [4.69, 9.17) is 14.2 Å². The lowest BCUT2D eigenvalue weighted by Crippen LogP contribution is -2.35. The van der Waals surface area contributed by atoms with Crippen molar-refractivity contribution in [2.45, 2.75) is 83.9 Å². The van der Waals surface area contributed by atoms with E-state index in [1.54, 1.807) is 30.5 Å². The molecule has 1 atom stereocenters. The fraction of sp³-hybridized carbons (Fsp3) is 0.455. The summed E-state index contributed by atoms with van der Waals surface area (Å²) in [7, 11) is 0. The second kappa shape index (κ2) is 16.8. The van der Waals surface area contributed by atoms with E-state index in [9.17, 15) is 18.0 Å². The summed E-state index contributed by atoms with van der Waals surface area (Å²) in [4.78, 5) is 16.8. The molecule has 1 aromatic heterocycles. The van der Waals surface area contributed by atoms with Crippen molar-refractivity contribution < 1.29 is 32.2 Å². The number of nitrogens with zero attached hydrogens (tertiary/aromatic N) is 1. The highest BCUT2D eigenvalue weighted by Crippen LogP contribution is 2.33. The molecule has 2 aromatic carbocycles. The largest absolute Gasteiger partial charge is 0.494 e. The normalized spacial score (nSPS) is 12.2. The number of aromatic nitrogens is 1. The molecule has 1 heterocycles. The van der Waals surface area contributed by atoms with E-state index in [0.717, 1.165) is 41.0 Å². The Kier molecular flexibility index (Phi) is 13.1. The van der Waals surface area contributed by atoms with Crippen molar-refractivity contribution >= 4 is 5.97 Å². The summed E-state index contributed by atoms with van der Waals surface area (Å²) in [6, 6.07) is 18.3. The number of carbonyl (C=O) groups excluding carboxylic acids is 1. The van der Waals surface area contributed by atoms with Gasteiger partial charge in [-0.1, -0.05) is 70.6 Å². The minimum Gasteiger partial charge on any atom is -0.494 e. The molecule has 3 aromatic rings. The van der Waals surface area contributed by atoms with Gasteiger partial charge in [0.1, 0.15) is 11.5 Å². The van der Waals surface area contributed by atoms with E-state index < -0.39 is 24.7 Å². The number of benzene rings is 2. The summed E-state index contributed by atoms with van der Waals surface area (Å²) in [6.45, 7) is 4.66. The van der Waals surface area contributed by atoms with Crippen LogP contribution in [-0.2, 0) is 9.53 Å². The number of hydrogen-bond donors (Lipinski definition) is 0. The van der Waals surface area contributed by atoms with Crippen molar-refractivity contribution in [2.75, 3.05) is 13.2 Å². The van der Waals surface area contributed by atoms with Crippen LogP contribution in [0.3, 0.4) is 0 Å². The first kappa shape index (κ1) is 32.1. The molecule has 0 N–H and O–H groups in total. The maximum atomic E-state index is 13.3. The van der Waals surface area contributed by atoms with Crippen LogP contribution < -0.4 is 9.47 Å². The smallest absolute Gasteiger partial charge is 0.415 e. The lowest BCUT2D eigenvalue weighted by molar-refractivity contribution is -0.223. The summed E-state index contributed by atoms with van der Waals surface area (Å²) in [5.74, 6) is -0.0624. The van der Waals surface area contributed by atoms with Crippen molar-refractivity contribution in [2.24, 2.45) is 0 Å². The maximum absolute atomic E-state index is 13.3. The van der Waals surface area contributed by atoms with Crippen molar-refractivity contribution in [3.63, 3.8) is 0 Å². The van der Waals surface area contributed by atoms with Gasteiger partial charge >= 0.3 is 12.1 Å². The van der Waals surface area contributed by atoms with Gasteiger partial charge in [0.2, 0.25) is 0 Å². The van der Waals surface area contributed by atoms with Gasteiger partial charge in [-0.15, -0.1) is 0 Å². The minimum absolute atomic E-state index is 0.0662. The molecule has 0 amide bonds. The Bertz CT molecular complexity index is 1200. The minimum atomic E-state index is -4.65. The summed E-state index contributed by atoms with van der Waals surface area (Å²) in [5, 5.41) is 0. The summed E-state index contributed by atoms with van der Waals surface area (Å²) < 4.78 is 55.9. The second-order valence-electron chi connectivity index (χ2n) is 10.0. The Labute approximate surface area is 241 Å². The number of rotatable bonds is 17. The Morgan fingerprint density at radius 2 is 1.54 bits per heavy atom. The molecule has 0 aliphatic heterocycles. The molecule has 41 heavy (non-hydrogen) atoms. The predicted molar refractivity (Wildman–Crippen MR) is 155 cm³/mol. The third-order valence-electron chi connectivity index (χ3n) is 6.61. The van der Waals surface area contributed by atoms with Crippen molar-refractivity contribution in [1.29, 1.82) is 0 Å². The molecular weight excluding hydrogens is 531 g/mol. The molecule has 0 aliphatic rings. The van der Waals surface area contributed by atoms with Gasteiger partial charge in [0.05, 0.1) is 18.7 Å². The summed E-state index contributed by atoms with van der Waals surface area (Å²) in [5.41, 5.74) is 3.35. The number of hydrogen-bond acceptors (Lipinski definition) is 5. The summed E-state index contributed by atoms with van der Waals surface area (Å²) in [6.07, 6.45) is 2.32. The molecule has 0 fully saturated rings. The molecule has 0 aliphatic carbocycles. The topological polar surface area (TPSA) is 57.7 Å². The monoisotopic (exact) mass is 571 g/mol. The number of unbranched alkanes of at least 4 members (excludes halogenated alkanes) is 6. The zero-order valence-corrected chi connectivity index (χ0v) is 23.9. The number of carbonyl (C=O) groups is 1. The number of alkyl halides is 3. The molecular formula is C33H40F3NO4. The van der Waals surface area contributed by atoms with Gasteiger partial charge in [-0.2, -0.15) is 13.2 Å². The third-order valence-corrected chi connectivity index (χ3v) is 6.61. The Balaban J connectivity index is 1.64. The molecule has 8 heteroatoms. The maximum Gasteiger partial charge on any atom is 0.415 e. The van der Waals surface area contributed by atoms with Crippen LogP contribution in [0.2, 0.25) is 0 Å². The molecule has 1 unspecified atom stereocenters. The van der Waals surface area contributed by atoms with Crippen LogP contribution in [0.4, 0.5) is 13.2 Å². The quantitative estimate of drug-likeness (QED) is 0.0918. The van der Waals surface area contributed by atoms with Crippen LogP contribution in [-0.4, -0.2) is 36.4 Å². The van der Waals surface area contributed by atoms with Crippen molar-refractivity contribution in [3.8, 4) is 33.9 Å². The predicted octanol–water partition coefficient (Wildman–Crippen LogP) is 9.20. The number of esters is 1. The van der Waals surface area contributed by atoms with Gasteiger partial charge in [-0.3, -0.25) is 9.78 Å². The highest BCUT2D eigenvalue weighted by Gasteiger charge is 2.42. The highest BCUT2D eigenvalue weighted by atomic mass is 19.4. The average Bonchev–Trinajstić information content (AvgIpc) is 2.96. The van der Waals surface area contributed by atoms with E-state index >= 15 is 0 Å². The van der Waals surface area contributed by atoms with Gasteiger partial charge in [0.15, 0.2) is 6.10 Å². The van der Waals surface area contributed by atoms with Gasteiger partial charge in [0.25, 0.3) is 0 Å². The van der Waals surface area contributed by atoms with E-state index in [0.29, 0.717) is 19.4 Å². The van der Waals surface area contributed by atoms with Gasteiger partial charge in [0, 0.05) is 23.9 Å². The number of halogens is 3. The molecule has 0 radical (unpaired) electrons. The molecule has 0 spiro atoms. The zero-order chi connectivity index (χ0) is 29.5. The fourth-order valence-corrected chi connectivity index (χ4v) is 4.34. The van der Waals surface area contributed by atoms with Gasteiger partial charge in [-0.05, 0) is 60.9 Å². The standard InChI is InChI=1S/C33H40F3NO4/c1-3-5-7-8-9-10-22-39-28-14-11-13-26(23-28)29-15-12-20-37-32(29)25-16-18-27(19-17-25)41-31(38)24-30(33(34,35)36)40-21-6-4-2/h11-20,23,30H,3-10,21-22,24H2,1-2H3. The van der Waals surface area contributed by atoms with Crippen LogP contribution in [0.5, 0.6) is 11.5 Å². The van der Waals surface area contributed by atoms with Crippen LogP contribution in [0.25, 0.3) is 22.4 Å². The number of pyridine rings is 1. The Morgan fingerprint density at radius 3 is 2.27 bits per heavy atom. The molecule has 3 rings (SSSR count). The lowest BCUT2D eigenvalue weighted by Gasteiger charge is -2.20. The molecule has 0 saturated carbocycles. The van der Waals surface area contributed by atoms with Crippen LogP contribution >= 0.6 is 0 Å². The average molecular weight is 572 g/mol. The second-order valence-corrected chi connectivity index (χ2v) is 10.0. The third kappa shape index (κ3) is 10.8. The van der Waals surface area contributed by atoms with Crippen molar-refractivity contribution in [3.05, 3.63) is 66.9 Å². The van der Waals surface area contributed by atoms with E-state index in [2.05, 4.69) is 11.9 Å². The van der Waals surface area contributed by atoms with E-state index in [1.165, 1.54) is 25.7 Å². The Morgan fingerprint density at radius 1 is 0.805 bits per heavy atom. The first-order chi connectivity index (χ1) is 19.8. The molecule has 5 nitrogen and oxygen atoms in total. The first-order valence-corrected chi connectivity index (χ1v) is 14.5. The highest BCUT2D eigenvalue weighted by molar-refractivity contribution is 5.81. The lowest BCUT2D eigenvalue weighted by atomic mass is 9.99. The van der Waals surface area contributed by atoms with Crippen LogP contribution in [0, 0.1) is 0 Å². The van der Waals surface area contributed by atoms with Gasteiger partial charge < -0.3 is 14.2 Å². The molecule has 0 saturated heterocycles. The van der Waals surface area contributed by atoms with Crippen molar-refractivity contribution in [1.82, 2.24) is 4.98 Å². The first-order valence-electron chi connectivity index (χ1n) is 14.5. The SMILES string of the molecule is CCCCCCCCOc1cccc(-c2cccnc2-c2ccc(OC(=O)CC(OCCCC)C(F)(F)F)cc2)c1. The van der Waals surface area contributed by atoms with E-state index in [1.807, 2.05) is 43.3 Å². The van der Waals surface area contributed by atoms with Crippen LogP contribution in [0.1, 0.15) is 71.6 Å². The number of ether oxygens (including phenoxy) is 3. The summed E-state index contributed by atoms with van der Waals surface area (Å²) >= 11 is 0. The zero-order valence-electron chi connectivity index (χ0n) is 23.9. The molecule has 222 valence electrons. The van der Waals surface area contributed by atoms with Crippen LogP contribution in [0.15, 0.2) is 66.9 Å². The van der Waals surface area contributed by atoms with E-state index in [-0.39, 0.29) is 12.4 Å². The fourth-order valence-electron chi connectivity index (χ4n) is 4.34.